The van der Waals surface area contributed by atoms with Crippen LogP contribution in [0, 0.1) is 25.7 Å². The summed E-state index contributed by atoms with van der Waals surface area (Å²) in [5.74, 6) is 1.86. The highest BCUT2D eigenvalue weighted by molar-refractivity contribution is 5.61. The van der Waals surface area contributed by atoms with E-state index < -0.39 is 0 Å². The van der Waals surface area contributed by atoms with Crippen LogP contribution in [0.3, 0.4) is 0 Å². The minimum Gasteiger partial charge on any atom is -0.384 e. The van der Waals surface area contributed by atoms with Crippen LogP contribution in [-0.4, -0.2) is 6.54 Å². The molecule has 1 heteroatoms. The van der Waals surface area contributed by atoms with Gasteiger partial charge in [0.2, 0.25) is 0 Å². The molecule has 1 aliphatic heterocycles. The second kappa shape index (κ2) is 5.56. The highest BCUT2D eigenvalue weighted by Crippen LogP contribution is 2.35. The molecule has 1 aliphatic carbocycles. The van der Waals surface area contributed by atoms with Gasteiger partial charge in [0.1, 0.15) is 0 Å². The number of benzene rings is 1. The van der Waals surface area contributed by atoms with E-state index >= 15 is 0 Å². The summed E-state index contributed by atoms with van der Waals surface area (Å²) in [5.41, 5.74) is 5.91. The lowest BCUT2D eigenvalue weighted by molar-refractivity contribution is 0.289. The quantitative estimate of drug-likeness (QED) is 0.798. The Hall–Kier alpha value is -0.980. The van der Waals surface area contributed by atoms with Crippen LogP contribution in [-0.2, 0) is 6.42 Å². The molecule has 19 heavy (non-hydrogen) atoms. The van der Waals surface area contributed by atoms with Crippen molar-refractivity contribution in [2.45, 2.75) is 58.8 Å². The van der Waals surface area contributed by atoms with Gasteiger partial charge in [0, 0.05) is 12.2 Å². The zero-order valence-corrected chi connectivity index (χ0v) is 12.5. The molecule has 1 aromatic rings. The maximum atomic E-state index is 3.71. The summed E-state index contributed by atoms with van der Waals surface area (Å²) in [5, 5.41) is 3.71. The van der Waals surface area contributed by atoms with Crippen LogP contribution in [0.5, 0.6) is 0 Å². The second-order valence-corrected chi connectivity index (χ2v) is 6.74. The van der Waals surface area contributed by atoms with Gasteiger partial charge in [-0.2, -0.15) is 0 Å². The average molecular weight is 257 g/mol. The van der Waals surface area contributed by atoms with E-state index in [0.29, 0.717) is 0 Å². The molecule has 3 rings (SSSR count). The molecule has 1 N–H and O–H groups in total. The summed E-state index contributed by atoms with van der Waals surface area (Å²) in [6, 6.07) is 4.54. The lowest BCUT2D eigenvalue weighted by Gasteiger charge is -2.32. The van der Waals surface area contributed by atoms with Crippen molar-refractivity contribution in [3.05, 3.63) is 28.8 Å². The summed E-state index contributed by atoms with van der Waals surface area (Å²) < 4.78 is 0. The smallest absolute Gasteiger partial charge is 0.0405 e. The van der Waals surface area contributed by atoms with Gasteiger partial charge >= 0.3 is 0 Å². The summed E-state index contributed by atoms with van der Waals surface area (Å²) in [4.78, 5) is 0. The van der Waals surface area contributed by atoms with Gasteiger partial charge in [-0.15, -0.1) is 0 Å². The Morgan fingerprint density at radius 2 is 1.74 bits per heavy atom. The third-order valence-corrected chi connectivity index (χ3v) is 5.21. The first kappa shape index (κ1) is 13.0. The molecule has 1 heterocycles. The van der Waals surface area contributed by atoms with Crippen molar-refractivity contribution in [2.24, 2.45) is 11.8 Å². The molecule has 0 radical (unpaired) electrons. The van der Waals surface area contributed by atoms with Crippen molar-refractivity contribution in [1.82, 2.24) is 0 Å². The first-order valence-corrected chi connectivity index (χ1v) is 8.07. The molecule has 1 nitrogen and oxygen atoms in total. The minimum absolute atomic E-state index is 0.857. The lowest BCUT2D eigenvalue weighted by atomic mass is 9.79. The third kappa shape index (κ3) is 2.80. The maximum Gasteiger partial charge on any atom is 0.0405 e. The number of hydrogen-bond acceptors (Lipinski definition) is 1. The van der Waals surface area contributed by atoms with E-state index in [-0.39, 0.29) is 0 Å². The van der Waals surface area contributed by atoms with E-state index in [9.17, 15) is 0 Å². The third-order valence-electron chi connectivity index (χ3n) is 5.21. The first-order valence-electron chi connectivity index (χ1n) is 8.07. The van der Waals surface area contributed by atoms with Crippen LogP contribution in [0.2, 0.25) is 0 Å². The topological polar surface area (TPSA) is 12.0 Å². The van der Waals surface area contributed by atoms with Gasteiger partial charge in [0.15, 0.2) is 0 Å². The molecule has 0 saturated heterocycles. The summed E-state index contributed by atoms with van der Waals surface area (Å²) in [6.07, 6.45) is 10.1. The van der Waals surface area contributed by atoms with Gasteiger partial charge < -0.3 is 5.32 Å². The fraction of sp³-hybridized carbons (Fsp3) is 0.667. The summed E-state index contributed by atoms with van der Waals surface area (Å²) >= 11 is 0. The lowest BCUT2D eigenvalue weighted by Crippen LogP contribution is -2.27. The van der Waals surface area contributed by atoms with Crippen LogP contribution in [0.4, 0.5) is 5.69 Å². The van der Waals surface area contributed by atoms with Crippen molar-refractivity contribution in [3.8, 4) is 0 Å². The number of hydrogen-bond donors (Lipinski definition) is 1. The van der Waals surface area contributed by atoms with Crippen LogP contribution >= 0.6 is 0 Å². The SMILES string of the molecule is Cc1ccc(C)c2c1CC(CC1CCCCC1)CN2. The predicted octanol–water partition coefficient (Wildman–Crippen LogP) is 4.86. The standard InChI is InChI=1S/C18H27N/c1-13-8-9-14(2)18-17(13)11-16(12-19-18)10-15-6-4-3-5-7-15/h8-9,15-16,19H,3-7,10-12H2,1-2H3. The largest absolute Gasteiger partial charge is 0.384 e. The predicted molar refractivity (Wildman–Crippen MR) is 82.8 cm³/mol. The van der Waals surface area contributed by atoms with E-state index in [1.165, 1.54) is 68.3 Å². The first-order chi connectivity index (χ1) is 9.24. The van der Waals surface area contributed by atoms with E-state index in [1.807, 2.05) is 0 Å². The number of aryl methyl sites for hydroxylation is 2. The fourth-order valence-corrected chi connectivity index (χ4v) is 4.05. The number of rotatable bonds is 2. The Morgan fingerprint density at radius 3 is 2.53 bits per heavy atom. The number of fused-ring (bicyclic) bond motifs is 1. The second-order valence-electron chi connectivity index (χ2n) is 6.74. The molecule has 2 aliphatic rings. The Kier molecular flexibility index (Phi) is 3.81. The Morgan fingerprint density at radius 1 is 1.00 bits per heavy atom. The van der Waals surface area contributed by atoms with Crippen molar-refractivity contribution in [3.63, 3.8) is 0 Å². The highest BCUT2D eigenvalue weighted by atomic mass is 14.9. The molecule has 0 spiro atoms. The normalized spacial score (nSPS) is 23.8. The Balaban J connectivity index is 1.69. The fourth-order valence-electron chi connectivity index (χ4n) is 4.05. The molecule has 0 aromatic heterocycles. The van der Waals surface area contributed by atoms with Crippen molar-refractivity contribution in [1.29, 1.82) is 0 Å². The van der Waals surface area contributed by atoms with Crippen LogP contribution in [0.25, 0.3) is 0 Å². The van der Waals surface area contributed by atoms with Crippen molar-refractivity contribution < 1.29 is 0 Å². The van der Waals surface area contributed by atoms with Gasteiger partial charge in [0.25, 0.3) is 0 Å². The van der Waals surface area contributed by atoms with E-state index in [0.717, 1.165) is 11.8 Å². The number of anilines is 1. The van der Waals surface area contributed by atoms with Crippen molar-refractivity contribution >= 4 is 5.69 Å². The molecule has 1 unspecified atom stereocenters. The van der Waals surface area contributed by atoms with Gasteiger partial charge in [0.05, 0.1) is 0 Å². The molecule has 1 saturated carbocycles. The van der Waals surface area contributed by atoms with E-state index in [4.69, 9.17) is 0 Å². The summed E-state index contributed by atoms with van der Waals surface area (Å²) in [7, 11) is 0. The molecule has 1 fully saturated rings. The number of nitrogens with one attached hydrogen (secondary N) is 1. The van der Waals surface area contributed by atoms with Gasteiger partial charge in [-0.05, 0) is 55.2 Å². The average Bonchev–Trinajstić information content (AvgIpc) is 2.44. The molecule has 104 valence electrons. The summed E-state index contributed by atoms with van der Waals surface area (Å²) in [6.45, 7) is 5.68. The van der Waals surface area contributed by atoms with Crippen molar-refractivity contribution in [2.75, 3.05) is 11.9 Å². The monoisotopic (exact) mass is 257 g/mol. The van der Waals surface area contributed by atoms with Gasteiger partial charge in [-0.25, -0.2) is 0 Å². The molecule has 1 aromatic carbocycles. The van der Waals surface area contributed by atoms with Gasteiger partial charge in [-0.1, -0.05) is 44.2 Å². The van der Waals surface area contributed by atoms with E-state index in [2.05, 4.69) is 31.3 Å². The Bertz CT molecular complexity index is 443. The molecule has 0 bridgehead atoms. The minimum atomic E-state index is 0.857. The molecule has 1 atom stereocenters. The molecular formula is C18H27N. The van der Waals surface area contributed by atoms with Gasteiger partial charge in [-0.3, -0.25) is 0 Å². The van der Waals surface area contributed by atoms with Crippen LogP contribution in [0.15, 0.2) is 12.1 Å². The zero-order chi connectivity index (χ0) is 13.2. The zero-order valence-electron chi connectivity index (χ0n) is 12.5. The maximum absolute atomic E-state index is 3.71. The molecular weight excluding hydrogens is 230 g/mol. The Labute approximate surface area is 117 Å². The molecule has 0 amide bonds. The highest BCUT2D eigenvalue weighted by Gasteiger charge is 2.24. The van der Waals surface area contributed by atoms with E-state index in [1.54, 1.807) is 5.56 Å². The van der Waals surface area contributed by atoms with Crippen LogP contribution in [0.1, 0.15) is 55.2 Å². The van der Waals surface area contributed by atoms with Crippen LogP contribution < -0.4 is 5.32 Å².